The molecule has 0 fully saturated rings. The Kier molecular flexibility index (Phi) is 54.8. The quantitative estimate of drug-likeness (QED) is 0.0262. The predicted octanol–water partition coefficient (Wildman–Crippen LogP) is 19.8. The lowest BCUT2D eigenvalue weighted by atomic mass is 10.0. The van der Waals surface area contributed by atoms with Crippen LogP contribution in [0.5, 0.6) is 0 Å². The van der Waals surface area contributed by atoms with Gasteiger partial charge in [-0.1, -0.05) is 286 Å². The second-order valence-electron chi connectivity index (χ2n) is 19.5. The van der Waals surface area contributed by atoms with Gasteiger partial charge in [0.15, 0.2) is 6.10 Å². The molecule has 0 unspecified atom stereocenters. The average molecular weight is 964 g/mol. The molecule has 1 atom stereocenters. The minimum atomic E-state index is -0.803. The van der Waals surface area contributed by atoms with E-state index in [1.807, 2.05) is 6.08 Å². The maximum atomic E-state index is 12.9. The highest BCUT2D eigenvalue weighted by Crippen LogP contribution is 2.17. The molecule has 0 aliphatic carbocycles. The summed E-state index contributed by atoms with van der Waals surface area (Å²) in [7, 11) is 0. The van der Waals surface area contributed by atoms with E-state index in [0.717, 1.165) is 77.0 Å². The Morgan fingerprint density at radius 3 is 0.884 bits per heavy atom. The summed E-state index contributed by atoms with van der Waals surface area (Å²) in [6.07, 6.45) is 73.3. The van der Waals surface area contributed by atoms with E-state index in [4.69, 9.17) is 14.2 Å². The van der Waals surface area contributed by atoms with Crippen LogP contribution >= 0.6 is 0 Å². The molecule has 398 valence electrons. The van der Waals surface area contributed by atoms with Gasteiger partial charge in [0.25, 0.3) is 0 Å². The van der Waals surface area contributed by atoms with Crippen LogP contribution in [0.2, 0.25) is 0 Å². The molecule has 0 radical (unpaired) electrons. The zero-order valence-electron chi connectivity index (χ0n) is 45.6. The highest BCUT2D eigenvalue weighted by atomic mass is 16.6. The second-order valence-corrected chi connectivity index (χ2v) is 19.5. The van der Waals surface area contributed by atoms with E-state index in [0.29, 0.717) is 19.3 Å². The number of allylic oxidation sites excluding steroid dienone is 12. The van der Waals surface area contributed by atoms with Crippen LogP contribution in [0.1, 0.15) is 290 Å². The van der Waals surface area contributed by atoms with Crippen molar-refractivity contribution in [2.75, 3.05) is 13.2 Å². The zero-order valence-corrected chi connectivity index (χ0v) is 45.6. The Bertz CT molecular complexity index is 1290. The van der Waals surface area contributed by atoms with E-state index in [9.17, 15) is 14.4 Å². The standard InChI is InChI=1S/C63H110O6/c1-4-7-10-13-16-19-22-25-28-30-31-33-35-38-41-44-47-50-53-56-62(65)68-59-60(58-67-61(64)55-52-49-46-43-40-37-34-27-24-21-18-15-12-9-6-3)69-63(66)57-54-51-48-45-42-39-36-32-29-26-23-20-17-14-11-8-5-2/h7,10,16,19,25,28,31,33,38,41,47,50,60H,4-6,8-9,11-15,17-18,20-24,26-27,29-30,32,34-37,39-40,42-46,48-49,51-59H2,1-3H3/b10-7-,19-16-,28-25-,33-31-,41-38-,50-47-/t60-/m1/s1. The van der Waals surface area contributed by atoms with E-state index < -0.39 is 6.10 Å². The molecule has 69 heavy (non-hydrogen) atoms. The van der Waals surface area contributed by atoms with Crippen molar-refractivity contribution in [3.05, 3.63) is 72.9 Å². The van der Waals surface area contributed by atoms with Crippen LogP contribution < -0.4 is 0 Å². The lowest BCUT2D eigenvalue weighted by Gasteiger charge is -2.18. The normalized spacial score (nSPS) is 12.6. The first kappa shape index (κ1) is 65.8. The number of carbonyl (C=O) groups is 3. The Balaban J connectivity index is 4.46. The summed E-state index contributed by atoms with van der Waals surface area (Å²) in [4.78, 5) is 38.2. The Morgan fingerprint density at radius 1 is 0.304 bits per heavy atom. The largest absolute Gasteiger partial charge is 0.462 e. The molecular formula is C63H110O6. The topological polar surface area (TPSA) is 78.9 Å². The smallest absolute Gasteiger partial charge is 0.306 e. The van der Waals surface area contributed by atoms with Crippen LogP contribution in [0, 0.1) is 0 Å². The minimum Gasteiger partial charge on any atom is -0.462 e. The molecule has 0 saturated carbocycles. The minimum absolute atomic E-state index is 0.0945. The summed E-state index contributed by atoms with van der Waals surface area (Å²) < 4.78 is 16.8. The van der Waals surface area contributed by atoms with Crippen molar-refractivity contribution < 1.29 is 28.6 Å². The van der Waals surface area contributed by atoms with Crippen LogP contribution in [-0.4, -0.2) is 37.2 Å². The maximum Gasteiger partial charge on any atom is 0.306 e. The van der Waals surface area contributed by atoms with Crippen LogP contribution in [0.3, 0.4) is 0 Å². The first-order valence-electron chi connectivity index (χ1n) is 29.4. The second kappa shape index (κ2) is 57.4. The monoisotopic (exact) mass is 963 g/mol. The van der Waals surface area contributed by atoms with Crippen molar-refractivity contribution in [3.8, 4) is 0 Å². The molecule has 0 aromatic rings. The predicted molar refractivity (Wildman–Crippen MR) is 298 cm³/mol. The van der Waals surface area contributed by atoms with Crippen molar-refractivity contribution in [2.24, 2.45) is 0 Å². The van der Waals surface area contributed by atoms with Gasteiger partial charge in [-0.2, -0.15) is 0 Å². The summed E-state index contributed by atoms with van der Waals surface area (Å²) in [5.41, 5.74) is 0. The molecule has 0 spiro atoms. The molecule has 0 amide bonds. The van der Waals surface area contributed by atoms with Crippen molar-refractivity contribution in [1.82, 2.24) is 0 Å². The molecular weight excluding hydrogens is 853 g/mol. The fourth-order valence-corrected chi connectivity index (χ4v) is 8.35. The Morgan fingerprint density at radius 2 is 0.565 bits per heavy atom. The molecule has 0 aliphatic heterocycles. The van der Waals surface area contributed by atoms with Gasteiger partial charge < -0.3 is 14.2 Å². The zero-order chi connectivity index (χ0) is 50.0. The van der Waals surface area contributed by atoms with Gasteiger partial charge in [0.05, 0.1) is 0 Å². The van der Waals surface area contributed by atoms with E-state index in [2.05, 4.69) is 87.6 Å². The summed E-state index contributed by atoms with van der Waals surface area (Å²) in [6, 6.07) is 0. The third-order valence-corrected chi connectivity index (χ3v) is 12.7. The van der Waals surface area contributed by atoms with Gasteiger partial charge in [-0.3, -0.25) is 14.4 Å². The number of hydrogen-bond donors (Lipinski definition) is 0. The lowest BCUT2D eigenvalue weighted by Crippen LogP contribution is -2.30. The highest BCUT2D eigenvalue weighted by Gasteiger charge is 2.19. The maximum absolute atomic E-state index is 12.9. The summed E-state index contributed by atoms with van der Waals surface area (Å²) in [6.45, 7) is 6.50. The van der Waals surface area contributed by atoms with Crippen LogP contribution in [0.4, 0.5) is 0 Å². The Labute approximate surface area is 427 Å². The molecule has 0 N–H and O–H groups in total. The molecule has 0 rings (SSSR count). The van der Waals surface area contributed by atoms with Gasteiger partial charge in [0.2, 0.25) is 0 Å². The first-order chi connectivity index (χ1) is 34.0. The summed E-state index contributed by atoms with van der Waals surface area (Å²) in [5, 5.41) is 0. The fourth-order valence-electron chi connectivity index (χ4n) is 8.35. The summed E-state index contributed by atoms with van der Waals surface area (Å²) >= 11 is 0. The molecule has 0 aliphatic rings. The third-order valence-electron chi connectivity index (χ3n) is 12.7. The molecule has 0 aromatic heterocycles. The number of carbonyl (C=O) groups excluding carboxylic acids is 3. The molecule has 0 aromatic carbocycles. The molecule has 6 nitrogen and oxygen atoms in total. The molecule has 0 bridgehead atoms. The van der Waals surface area contributed by atoms with Gasteiger partial charge in [0, 0.05) is 19.3 Å². The van der Waals surface area contributed by atoms with E-state index in [-0.39, 0.29) is 37.5 Å². The van der Waals surface area contributed by atoms with E-state index >= 15 is 0 Å². The van der Waals surface area contributed by atoms with Gasteiger partial charge in [-0.25, -0.2) is 0 Å². The number of ether oxygens (including phenoxy) is 3. The number of esters is 3. The average Bonchev–Trinajstić information content (AvgIpc) is 3.35. The molecule has 0 heterocycles. The van der Waals surface area contributed by atoms with Gasteiger partial charge in [0.1, 0.15) is 13.2 Å². The molecule has 0 saturated heterocycles. The number of unbranched alkanes of at least 4 members (excludes halogenated alkanes) is 30. The number of rotatable bonds is 53. The Hall–Kier alpha value is -3.15. The van der Waals surface area contributed by atoms with Gasteiger partial charge >= 0.3 is 17.9 Å². The van der Waals surface area contributed by atoms with Crippen molar-refractivity contribution in [2.45, 2.75) is 297 Å². The van der Waals surface area contributed by atoms with Crippen LogP contribution in [0.15, 0.2) is 72.9 Å². The van der Waals surface area contributed by atoms with E-state index in [1.54, 1.807) is 0 Å². The first-order valence-corrected chi connectivity index (χ1v) is 29.4. The van der Waals surface area contributed by atoms with Crippen molar-refractivity contribution >= 4 is 17.9 Å². The third kappa shape index (κ3) is 55.6. The van der Waals surface area contributed by atoms with Gasteiger partial charge in [-0.15, -0.1) is 0 Å². The number of hydrogen-bond acceptors (Lipinski definition) is 6. The van der Waals surface area contributed by atoms with Crippen LogP contribution in [-0.2, 0) is 28.6 Å². The summed E-state index contributed by atoms with van der Waals surface area (Å²) in [5.74, 6) is -0.968. The van der Waals surface area contributed by atoms with Crippen molar-refractivity contribution in [3.63, 3.8) is 0 Å². The van der Waals surface area contributed by atoms with Crippen molar-refractivity contribution in [1.29, 1.82) is 0 Å². The SMILES string of the molecule is CC/C=C\C/C=C\C/C=C\C/C=C\C/C=C\C/C=C\CCC(=O)OC[C@@H](COC(=O)CCCCCCCCCCCCCCCCC)OC(=O)CCCCCCCCCCCCCCCCCCC. The van der Waals surface area contributed by atoms with Gasteiger partial charge in [-0.05, 0) is 57.8 Å². The lowest BCUT2D eigenvalue weighted by molar-refractivity contribution is -0.166. The molecule has 6 heteroatoms. The van der Waals surface area contributed by atoms with E-state index in [1.165, 1.54) is 167 Å². The highest BCUT2D eigenvalue weighted by molar-refractivity contribution is 5.71. The fraction of sp³-hybridized carbons (Fsp3) is 0.762. The van der Waals surface area contributed by atoms with Crippen LogP contribution in [0.25, 0.3) is 0 Å².